The van der Waals surface area contributed by atoms with Gasteiger partial charge in [0.15, 0.2) is 0 Å². The monoisotopic (exact) mass is 369 g/mol. The first-order chi connectivity index (χ1) is 12.9. The van der Waals surface area contributed by atoms with Crippen molar-refractivity contribution in [3.05, 3.63) is 39.9 Å². The summed E-state index contributed by atoms with van der Waals surface area (Å²) in [6.45, 7) is 12.8. The first-order valence-corrected chi connectivity index (χ1v) is 9.92. The number of aryl methyl sites for hydroxylation is 1. The van der Waals surface area contributed by atoms with Crippen LogP contribution in [0.25, 0.3) is 11.4 Å². The lowest BCUT2D eigenvalue weighted by Crippen LogP contribution is -2.39. The number of nitrogens with one attached hydrogen (secondary N) is 2. The molecule has 2 atom stereocenters. The first kappa shape index (κ1) is 19.5. The molecule has 6 nitrogen and oxygen atoms in total. The van der Waals surface area contributed by atoms with E-state index in [-0.39, 0.29) is 5.56 Å². The summed E-state index contributed by atoms with van der Waals surface area (Å²) in [6, 6.07) is 3.88. The SMILES string of the molecule is Cc1nc(-c2ccc(NCCCN3CC(C)CC(C)C3)nc2)[nH]c(=O)c1C. The summed E-state index contributed by atoms with van der Waals surface area (Å²) in [5, 5.41) is 3.39. The van der Waals surface area contributed by atoms with E-state index in [0.29, 0.717) is 11.4 Å². The Kier molecular flexibility index (Phi) is 6.26. The van der Waals surface area contributed by atoms with Crippen molar-refractivity contribution >= 4 is 5.82 Å². The Hall–Kier alpha value is -2.21. The molecule has 0 radical (unpaired) electrons. The van der Waals surface area contributed by atoms with Crippen LogP contribution < -0.4 is 10.9 Å². The third-order valence-corrected chi connectivity index (χ3v) is 5.33. The van der Waals surface area contributed by atoms with Crippen LogP contribution in [-0.4, -0.2) is 46.0 Å². The van der Waals surface area contributed by atoms with Crippen LogP contribution in [0.1, 0.15) is 37.9 Å². The Labute approximate surface area is 161 Å². The zero-order valence-corrected chi connectivity index (χ0v) is 16.9. The second kappa shape index (κ2) is 8.65. The predicted molar refractivity (Wildman–Crippen MR) is 110 cm³/mol. The molecule has 0 aromatic carbocycles. The highest BCUT2D eigenvalue weighted by molar-refractivity contribution is 5.56. The number of pyridine rings is 1. The standard InChI is InChI=1S/C21H31N5O/c1-14-10-15(2)13-26(12-14)9-5-8-22-19-7-6-18(11-23-19)20-24-17(4)16(3)21(27)25-20/h6-7,11,14-15H,5,8-10,12-13H2,1-4H3,(H,22,23)(H,24,25,27). The minimum absolute atomic E-state index is 0.0962. The van der Waals surface area contributed by atoms with E-state index in [1.54, 1.807) is 13.1 Å². The molecule has 1 aliphatic heterocycles. The summed E-state index contributed by atoms with van der Waals surface area (Å²) in [4.78, 5) is 26.2. The van der Waals surface area contributed by atoms with Crippen LogP contribution in [0, 0.1) is 25.7 Å². The quantitative estimate of drug-likeness (QED) is 0.765. The summed E-state index contributed by atoms with van der Waals surface area (Å²) in [7, 11) is 0. The lowest BCUT2D eigenvalue weighted by Gasteiger charge is -2.34. The number of likely N-dealkylation sites (tertiary alicyclic amines) is 1. The van der Waals surface area contributed by atoms with Crippen molar-refractivity contribution in [3.63, 3.8) is 0 Å². The fraction of sp³-hybridized carbons (Fsp3) is 0.571. The molecule has 1 aliphatic rings. The lowest BCUT2D eigenvalue weighted by molar-refractivity contribution is 0.141. The number of hydrogen-bond acceptors (Lipinski definition) is 5. The molecule has 3 rings (SSSR count). The topological polar surface area (TPSA) is 73.9 Å². The van der Waals surface area contributed by atoms with Gasteiger partial charge in [-0.05, 0) is 57.2 Å². The molecule has 3 heterocycles. The lowest BCUT2D eigenvalue weighted by atomic mass is 9.92. The fourth-order valence-corrected chi connectivity index (χ4v) is 3.91. The van der Waals surface area contributed by atoms with E-state index in [1.807, 2.05) is 19.1 Å². The van der Waals surface area contributed by atoms with Gasteiger partial charge in [0.05, 0.1) is 0 Å². The summed E-state index contributed by atoms with van der Waals surface area (Å²) >= 11 is 0. The smallest absolute Gasteiger partial charge is 0.254 e. The van der Waals surface area contributed by atoms with Crippen molar-refractivity contribution < 1.29 is 0 Å². The van der Waals surface area contributed by atoms with E-state index in [1.165, 1.54) is 19.5 Å². The maximum atomic E-state index is 11.9. The first-order valence-electron chi connectivity index (χ1n) is 9.92. The van der Waals surface area contributed by atoms with Crippen molar-refractivity contribution in [2.24, 2.45) is 11.8 Å². The minimum atomic E-state index is -0.0962. The molecule has 27 heavy (non-hydrogen) atoms. The van der Waals surface area contributed by atoms with Gasteiger partial charge in [0.2, 0.25) is 0 Å². The molecule has 1 saturated heterocycles. The third kappa shape index (κ3) is 5.16. The summed E-state index contributed by atoms with van der Waals surface area (Å²) in [5.74, 6) is 3.03. The maximum Gasteiger partial charge on any atom is 0.254 e. The highest BCUT2D eigenvalue weighted by Crippen LogP contribution is 2.21. The Balaban J connectivity index is 1.50. The number of piperidine rings is 1. The van der Waals surface area contributed by atoms with Crippen molar-refractivity contribution in [3.8, 4) is 11.4 Å². The fourth-order valence-electron chi connectivity index (χ4n) is 3.91. The van der Waals surface area contributed by atoms with E-state index in [4.69, 9.17) is 0 Å². The Morgan fingerprint density at radius 1 is 1.22 bits per heavy atom. The predicted octanol–water partition coefficient (Wildman–Crippen LogP) is 3.23. The highest BCUT2D eigenvalue weighted by atomic mass is 16.1. The summed E-state index contributed by atoms with van der Waals surface area (Å²) in [5.41, 5.74) is 2.12. The van der Waals surface area contributed by atoms with Gasteiger partial charge in [-0.3, -0.25) is 4.79 Å². The molecule has 0 saturated carbocycles. The highest BCUT2D eigenvalue weighted by Gasteiger charge is 2.20. The van der Waals surface area contributed by atoms with Crippen LogP contribution in [0.5, 0.6) is 0 Å². The number of nitrogens with zero attached hydrogens (tertiary/aromatic N) is 3. The zero-order valence-electron chi connectivity index (χ0n) is 16.9. The Bertz CT molecular complexity index is 804. The van der Waals surface area contributed by atoms with Crippen LogP contribution in [0.2, 0.25) is 0 Å². The Morgan fingerprint density at radius 3 is 2.59 bits per heavy atom. The molecule has 0 spiro atoms. The molecule has 0 bridgehead atoms. The maximum absolute atomic E-state index is 11.9. The zero-order chi connectivity index (χ0) is 19.4. The van der Waals surface area contributed by atoms with E-state index < -0.39 is 0 Å². The molecule has 2 N–H and O–H groups in total. The molecule has 2 unspecified atom stereocenters. The van der Waals surface area contributed by atoms with Crippen molar-refractivity contribution in [1.29, 1.82) is 0 Å². The van der Waals surface area contributed by atoms with Gasteiger partial charge in [-0.15, -0.1) is 0 Å². The van der Waals surface area contributed by atoms with E-state index in [2.05, 4.69) is 39.0 Å². The third-order valence-electron chi connectivity index (χ3n) is 5.33. The number of hydrogen-bond donors (Lipinski definition) is 2. The van der Waals surface area contributed by atoms with Gasteiger partial charge in [0, 0.05) is 42.7 Å². The molecular weight excluding hydrogens is 338 g/mol. The molecule has 6 heteroatoms. The molecule has 0 amide bonds. The van der Waals surface area contributed by atoms with Gasteiger partial charge in [0.25, 0.3) is 5.56 Å². The normalized spacial score (nSPS) is 20.6. The van der Waals surface area contributed by atoms with Crippen molar-refractivity contribution in [2.75, 3.05) is 31.5 Å². The largest absolute Gasteiger partial charge is 0.370 e. The molecular formula is C21H31N5O. The van der Waals surface area contributed by atoms with Gasteiger partial charge in [0.1, 0.15) is 11.6 Å². The van der Waals surface area contributed by atoms with Crippen LogP contribution in [-0.2, 0) is 0 Å². The number of aromatic nitrogens is 3. The second-order valence-corrected chi connectivity index (χ2v) is 8.04. The van der Waals surface area contributed by atoms with Crippen LogP contribution in [0.4, 0.5) is 5.82 Å². The van der Waals surface area contributed by atoms with Gasteiger partial charge < -0.3 is 15.2 Å². The van der Waals surface area contributed by atoms with Gasteiger partial charge >= 0.3 is 0 Å². The van der Waals surface area contributed by atoms with Gasteiger partial charge in [-0.2, -0.15) is 0 Å². The molecule has 1 fully saturated rings. The van der Waals surface area contributed by atoms with Crippen molar-refractivity contribution in [2.45, 2.75) is 40.5 Å². The van der Waals surface area contributed by atoms with E-state index in [0.717, 1.165) is 48.4 Å². The average molecular weight is 370 g/mol. The summed E-state index contributed by atoms with van der Waals surface area (Å²) in [6.07, 6.45) is 4.21. The number of anilines is 1. The van der Waals surface area contributed by atoms with Gasteiger partial charge in [-0.25, -0.2) is 9.97 Å². The van der Waals surface area contributed by atoms with E-state index in [9.17, 15) is 4.79 Å². The molecule has 146 valence electrons. The van der Waals surface area contributed by atoms with Gasteiger partial charge in [-0.1, -0.05) is 13.8 Å². The molecule has 2 aromatic rings. The number of rotatable bonds is 6. The molecule has 0 aliphatic carbocycles. The molecule has 2 aromatic heterocycles. The minimum Gasteiger partial charge on any atom is -0.370 e. The van der Waals surface area contributed by atoms with E-state index >= 15 is 0 Å². The van der Waals surface area contributed by atoms with Crippen LogP contribution in [0.15, 0.2) is 23.1 Å². The summed E-state index contributed by atoms with van der Waals surface area (Å²) < 4.78 is 0. The van der Waals surface area contributed by atoms with Crippen molar-refractivity contribution in [1.82, 2.24) is 19.9 Å². The second-order valence-electron chi connectivity index (χ2n) is 8.04. The average Bonchev–Trinajstić information content (AvgIpc) is 2.62. The Morgan fingerprint density at radius 2 is 1.96 bits per heavy atom. The van der Waals surface area contributed by atoms with Crippen LogP contribution in [0.3, 0.4) is 0 Å². The van der Waals surface area contributed by atoms with Crippen LogP contribution >= 0.6 is 0 Å². The number of aromatic amines is 1. The number of H-pyrrole nitrogens is 1.